The molecule has 0 saturated heterocycles. The molecule has 2 heterocycles. The Morgan fingerprint density at radius 2 is 2.00 bits per heavy atom. The van der Waals surface area contributed by atoms with Crippen LogP contribution < -0.4 is 9.47 Å². The van der Waals surface area contributed by atoms with Crippen LogP contribution in [0.25, 0.3) is 22.3 Å². The Labute approximate surface area is 200 Å². The Hall–Kier alpha value is -2.91. The van der Waals surface area contributed by atoms with Crippen LogP contribution in [-0.4, -0.2) is 54.0 Å². The van der Waals surface area contributed by atoms with E-state index in [9.17, 15) is 9.90 Å². The molecular formula is C25H33N3O5Si. The van der Waals surface area contributed by atoms with E-state index in [0.717, 1.165) is 11.6 Å². The van der Waals surface area contributed by atoms with Crippen molar-refractivity contribution in [3.05, 3.63) is 35.8 Å². The van der Waals surface area contributed by atoms with Crippen LogP contribution in [0, 0.1) is 12.8 Å². The summed E-state index contributed by atoms with van der Waals surface area (Å²) in [5.74, 6) is 0.920. The van der Waals surface area contributed by atoms with Gasteiger partial charge in [-0.25, -0.2) is 14.8 Å². The molecule has 4 rings (SSSR count). The largest absolute Gasteiger partial charge is 0.497 e. The highest BCUT2D eigenvalue weighted by Gasteiger charge is 2.27. The number of methoxy groups -OCH3 is 1. The molecule has 0 radical (unpaired) electrons. The van der Waals surface area contributed by atoms with E-state index in [-0.39, 0.29) is 12.3 Å². The Bertz CT molecular complexity index is 1200. The SMILES string of the molecule is COc1ccc(OCC2CC2)c(-c2ncnc3c(C(=O)O)c(C)n(COCC[Si](C)(C)C)c23)c1. The van der Waals surface area contributed by atoms with E-state index in [1.807, 2.05) is 22.8 Å². The minimum absolute atomic E-state index is 0.163. The van der Waals surface area contributed by atoms with Gasteiger partial charge in [0.1, 0.15) is 41.3 Å². The second-order valence-corrected chi connectivity index (χ2v) is 15.7. The predicted octanol–water partition coefficient (Wildman–Crippen LogP) is 5.21. The van der Waals surface area contributed by atoms with Crippen molar-refractivity contribution >= 4 is 25.1 Å². The van der Waals surface area contributed by atoms with Crippen LogP contribution >= 0.6 is 0 Å². The van der Waals surface area contributed by atoms with E-state index in [2.05, 4.69) is 29.6 Å². The maximum atomic E-state index is 12.2. The van der Waals surface area contributed by atoms with Crippen molar-refractivity contribution in [3.63, 3.8) is 0 Å². The number of benzene rings is 1. The van der Waals surface area contributed by atoms with E-state index in [0.29, 0.717) is 53.1 Å². The average Bonchev–Trinajstić information content (AvgIpc) is 3.57. The number of rotatable bonds is 11. The second kappa shape index (κ2) is 9.75. The molecule has 1 N–H and O–H groups in total. The summed E-state index contributed by atoms with van der Waals surface area (Å²) in [6.07, 6.45) is 3.77. The summed E-state index contributed by atoms with van der Waals surface area (Å²) in [6, 6.07) is 6.64. The Morgan fingerprint density at radius 3 is 2.65 bits per heavy atom. The van der Waals surface area contributed by atoms with E-state index in [1.165, 1.54) is 19.2 Å². The molecule has 9 heteroatoms. The van der Waals surface area contributed by atoms with Crippen LogP contribution in [0.15, 0.2) is 24.5 Å². The number of aromatic carboxylic acids is 1. The van der Waals surface area contributed by atoms with Crippen molar-refractivity contribution in [2.24, 2.45) is 5.92 Å². The van der Waals surface area contributed by atoms with Gasteiger partial charge >= 0.3 is 5.97 Å². The molecule has 1 aliphatic rings. The number of hydrogen-bond donors (Lipinski definition) is 1. The number of carboxylic acids is 1. The molecule has 182 valence electrons. The molecular weight excluding hydrogens is 450 g/mol. The van der Waals surface area contributed by atoms with Crippen LogP contribution in [0.3, 0.4) is 0 Å². The highest BCUT2D eigenvalue weighted by Crippen LogP contribution is 2.39. The summed E-state index contributed by atoms with van der Waals surface area (Å²) >= 11 is 0. The topological polar surface area (TPSA) is 95.7 Å². The van der Waals surface area contributed by atoms with E-state index in [1.54, 1.807) is 14.0 Å². The molecule has 0 unspecified atom stereocenters. The lowest BCUT2D eigenvalue weighted by atomic mass is 10.1. The summed E-state index contributed by atoms with van der Waals surface area (Å²) in [7, 11) is 0.358. The number of carboxylic acid groups (broad SMARTS) is 1. The molecule has 0 spiro atoms. The molecule has 1 aromatic carbocycles. The summed E-state index contributed by atoms with van der Waals surface area (Å²) in [5.41, 5.74) is 3.09. The minimum atomic E-state index is -1.25. The zero-order chi connectivity index (χ0) is 24.5. The van der Waals surface area contributed by atoms with Gasteiger partial charge in [-0.15, -0.1) is 0 Å². The number of hydrogen-bond acceptors (Lipinski definition) is 6. The molecule has 2 aromatic heterocycles. The van der Waals surface area contributed by atoms with Crippen LogP contribution in [0.2, 0.25) is 25.7 Å². The highest BCUT2D eigenvalue weighted by atomic mass is 28.3. The van der Waals surface area contributed by atoms with Crippen LogP contribution in [0.1, 0.15) is 28.9 Å². The maximum Gasteiger partial charge on any atom is 0.339 e. The predicted molar refractivity (Wildman–Crippen MR) is 134 cm³/mol. The van der Waals surface area contributed by atoms with E-state index >= 15 is 0 Å². The Kier molecular flexibility index (Phi) is 6.95. The lowest BCUT2D eigenvalue weighted by molar-refractivity contribution is 0.0694. The van der Waals surface area contributed by atoms with Gasteiger partial charge in [0.25, 0.3) is 0 Å². The molecule has 1 fully saturated rings. The smallest absolute Gasteiger partial charge is 0.339 e. The summed E-state index contributed by atoms with van der Waals surface area (Å²) in [5, 5.41) is 9.95. The monoisotopic (exact) mass is 483 g/mol. The fourth-order valence-corrected chi connectivity index (χ4v) is 4.64. The van der Waals surface area contributed by atoms with Crippen molar-refractivity contribution < 1.29 is 24.1 Å². The number of ether oxygens (including phenoxy) is 3. The maximum absolute atomic E-state index is 12.2. The second-order valence-electron chi connectivity index (χ2n) is 10.1. The quantitative estimate of drug-likeness (QED) is 0.295. The van der Waals surface area contributed by atoms with Gasteiger partial charge in [-0.2, -0.15) is 0 Å². The van der Waals surface area contributed by atoms with Crippen molar-refractivity contribution in [1.29, 1.82) is 0 Å². The van der Waals surface area contributed by atoms with Crippen LogP contribution in [0.4, 0.5) is 0 Å². The van der Waals surface area contributed by atoms with Gasteiger partial charge in [0, 0.05) is 25.9 Å². The zero-order valence-electron chi connectivity index (χ0n) is 20.6. The lowest BCUT2D eigenvalue weighted by Gasteiger charge is -2.17. The van der Waals surface area contributed by atoms with E-state index in [4.69, 9.17) is 14.2 Å². The Balaban J connectivity index is 1.82. The van der Waals surface area contributed by atoms with Crippen molar-refractivity contribution in [2.75, 3.05) is 20.3 Å². The molecule has 0 aliphatic heterocycles. The van der Waals surface area contributed by atoms with Gasteiger partial charge in [0.05, 0.1) is 19.2 Å². The minimum Gasteiger partial charge on any atom is -0.497 e. The molecule has 34 heavy (non-hydrogen) atoms. The standard InChI is InChI=1S/C25H33N3O5Si/c1-16-21(25(29)30)23-24(28(16)15-32-10-11-34(3,4)5)22(26-14-27-23)19-12-18(31-2)8-9-20(19)33-13-17-6-7-17/h8-9,12,14,17H,6-7,10-11,13,15H2,1-5H3,(H,29,30). The first kappa shape index (κ1) is 24.2. The third-order valence-corrected chi connectivity index (χ3v) is 7.84. The first-order valence-corrected chi connectivity index (χ1v) is 15.4. The van der Waals surface area contributed by atoms with E-state index < -0.39 is 14.0 Å². The third kappa shape index (κ3) is 5.25. The lowest BCUT2D eigenvalue weighted by Crippen LogP contribution is -2.22. The summed E-state index contributed by atoms with van der Waals surface area (Å²) in [4.78, 5) is 21.1. The molecule has 0 bridgehead atoms. The molecule has 1 aliphatic carbocycles. The number of nitrogens with zero attached hydrogens (tertiary/aromatic N) is 3. The highest BCUT2D eigenvalue weighted by molar-refractivity contribution is 6.76. The molecule has 0 amide bonds. The normalized spacial score (nSPS) is 13.9. The van der Waals surface area contributed by atoms with Gasteiger partial charge in [-0.3, -0.25) is 0 Å². The van der Waals surface area contributed by atoms with Crippen molar-refractivity contribution in [3.8, 4) is 22.8 Å². The van der Waals surface area contributed by atoms with Crippen LogP contribution in [-0.2, 0) is 11.5 Å². The van der Waals surface area contributed by atoms with Gasteiger partial charge in [0.15, 0.2) is 0 Å². The zero-order valence-corrected chi connectivity index (χ0v) is 21.6. The number of aromatic nitrogens is 3. The van der Waals surface area contributed by atoms with Crippen molar-refractivity contribution in [1.82, 2.24) is 14.5 Å². The fourth-order valence-electron chi connectivity index (χ4n) is 3.88. The van der Waals surface area contributed by atoms with Crippen LogP contribution in [0.5, 0.6) is 11.5 Å². The summed E-state index contributed by atoms with van der Waals surface area (Å²) < 4.78 is 19.5. The fraction of sp³-hybridized carbons (Fsp3) is 0.480. The van der Waals surface area contributed by atoms with Gasteiger partial charge in [-0.1, -0.05) is 19.6 Å². The summed E-state index contributed by atoms with van der Waals surface area (Å²) in [6.45, 7) is 10.2. The number of fused-ring (bicyclic) bond motifs is 1. The molecule has 1 saturated carbocycles. The number of carbonyl (C=O) groups is 1. The molecule has 3 aromatic rings. The first-order chi connectivity index (χ1) is 16.2. The van der Waals surface area contributed by atoms with Crippen molar-refractivity contribution in [2.45, 2.75) is 52.2 Å². The van der Waals surface area contributed by atoms with Gasteiger partial charge in [-0.05, 0) is 49.9 Å². The Morgan fingerprint density at radius 1 is 1.24 bits per heavy atom. The molecule has 8 nitrogen and oxygen atoms in total. The van der Waals surface area contributed by atoms with Gasteiger partial charge < -0.3 is 23.9 Å². The third-order valence-electron chi connectivity index (χ3n) is 6.14. The first-order valence-electron chi connectivity index (χ1n) is 11.7. The van der Waals surface area contributed by atoms with Gasteiger partial charge in [0.2, 0.25) is 0 Å². The molecule has 0 atom stereocenters. The average molecular weight is 484 g/mol.